The molecule has 0 rings (SSSR count). The van der Waals surface area contributed by atoms with E-state index < -0.39 is 5.97 Å². The van der Waals surface area contributed by atoms with Gasteiger partial charge in [-0.05, 0) is 24.2 Å². The van der Waals surface area contributed by atoms with Gasteiger partial charge in [0, 0.05) is 19.5 Å². The number of carbonyl (C=O) groups excluding carboxylic acids is 1. The second-order valence-corrected chi connectivity index (χ2v) is 6.46. The molecule has 0 aromatic carbocycles. The van der Waals surface area contributed by atoms with E-state index in [0.29, 0.717) is 25.4 Å². The predicted octanol–water partition coefficient (Wildman–Crippen LogP) is 3.00. The van der Waals surface area contributed by atoms with E-state index in [-0.39, 0.29) is 17.9 Å². The summed E-state index contributed by atoms with van der Waals surface area (Å²) in [5.74, 6) is -0.320. The van der Waals surface area contributed by atoms with Crippen molar-refractivity contribution < 1.29 is 14.7 Å². The number of amides is 2. The van der Waals surface area contributed by atoms with E-state index in [4.69, 9.17) is 5.11 Å². The van der Waals surface area contributed by atoms with E-state index in [1.807, 2.05) is 0 Å². The number of hydrogen-bond donors (Lipinski definition) is 3. The molecule has 0 heterocycles. The standard InChI is InChI=1S/C15H30N2O3/c1-12(15(2,3)4)11-17-14(20)16-10-8-6-5-7-9-13(18)19/h12H,5-11H2,1-4H3,(H,18,19)(H2,16,17,20). The molecule has 0 aromatic heterocycles. The van der Waals surface area contributed by atoms with Crippen LogP contribution in [0.25, 0.3) is 0 Å². The number of urea groups is 1. The van der Waals surface area contributed by atoms with Gasteiger partial charge < -0.3 is 15.7 Å². The molecule has 0 aromatic rings. The summed E-state index contributed by atoms with van der Waals surface area (Å²) in [5.41, 5.74) is 0.192. The van der Waals surface area contributed by atoms with Crippen molar-refractivity contribution in [2.75, 3.05) is 13.1 Å². The molecule has 5 heteroatoms. The third-order valence-electron chi connectivity index (χ3n) is 3.65. The van der Waals surface area contributed by atoms with Gasteiger partial charge in [-0.25, -0.2) is 4.79 Å². The van der Waals surface area contributed by atoms with Gasteiger partial charge in [0.05, 0.1) is 0 Å². The van der Waals surface area contributed by atoms with Crippen LogP contribution in [-0.4, -0.2) is 30.2 Å². The maximum Gasteiger partial charge on any atom is 0.314 e. The minimum Gasteiger partial charge on any atom is -0.481 e. The van der Waals surface area contributed by atoms with E-state index in [0.717, 1.165) is 19.3 Å². The molecule has 1 atom stereocenters. The van der Waals surface area contributed by atoms with Crippen LogP contribution in [0.1, 0.15) is 59.8 Å². The van der Waals surface area contributed by atoms with Gasteiger partial charge in [0.2, 0.25) is 0 Å². The van der Waals surface area contributed by atoms with Gasteiger partial charge in [-0.2, -0.15) is 0 Å². The van der Waals surface area contributed by atoms with E-state index in [1.165, 1.54) is 0 Å². The van der Waals surface area contributed by atoms with Gasteiger partial charge in [-0.1, -0.05) is 40.5 Å². The Labute approximate surface area is 122 Å². The summed E-state index contributed by atoms with van der Waals surface area (Å²) in [4.78, 5) is 21.9. The topological polar surface area (TPSA) is 78.4 Å². The molecule has 1 unspecified atom stereocenters. The maximum atomic E-state index is 11.6. The first-order chi connectivity index (χ1) is 9.23. The summed E-state index contributed by atoms with van der Waals surface area (Å²) < 4.78 is 0. The van der Waals surface area contributed by atoms with Crippen molar-refractivity contribution in [1.82, 2.24) is 10.6 Å². The van der Waals surface area contributed by atoms with E-state index in [1.54, 1.807) is 0 Å². The number of hydrogen-bond acceptors (Lipinski definition) is 2. The number of nitrogens with one attached hydrogen (secondary N) is 2. The van der Waals surface area contributed by atoms with Gasteiger partial charge in [0.15, 0.2) is 0 Å². The summed E-state index contributed by atoms with van der Waals surface area (Å²) in [6, 6.07) is -0.119. The molecule has 0 bridgehead atoms. The summed E-state index contributed by atoms with van der Waals surface area (Å²) >= 11 is 0. The van der Waals surface area contributed by atoms with Crippen molar-refractivity contribution in [2.45, 2.75) is 59.8 Å². The van der Waals surface area contributed by atoms with Crippen molar-refractivity contribution in [1.29, 1.82) is 0 Å². The first-order valence-corrected chi connectivity index (χ1v) is 7.47. The highest BCUT2D eigenvalue weighted by Gasteiger charge is 2.20. The third kappa shape index (κ3) is 10.6. The van der Waals surface area contributed by atoms with Crippen LogP contribution in [0.3, 0.4) is 0 Å². The Morgan fingerprint density at radius 1 is 1.05 bits per heavy atom. The van der Waals surface area contributed by atoms with Crippen LogP contribution in [0.5, 0.6) is 0 Å². The largest absolute Gasteiger partial charge is 0.481 e. The quantitative estimate of drug-likeness (QED) is 0.570. The molecular formula is C15H30N2O3. The SMILES string of the molecule is CC(CNC(=O)NCCCCCCC(=O)O)C(C)(C)C. The van der Waals surface area contributed by atoms with Crippen molar-refractivity contribution in [3.63, 3.8) is 0 Å². The van der Waals surface area contributed by atoms with Crippen molar-refractivity contribution >= 4 is 12.0 Å². The Balaban J connectivity index is 3.48. The number of unbranched alkanes of at least 4 members (excludes halogenated alkanes) is 3. The maximum absolute atomic E-state index is 11.6. The van der Waals surface area contributed by atoms with Crippen LogP contribution in [0.15, 0.2) is 0 Å². The zero-order valence-electron chi connectivity index (χ0n) is 13.3. The Hall–Kier alpha value is -1.26. The smallest absolute Gasteiger partial charge is 0.314 e. The molecular weight excluding hydrogens is 256 g/mol. The van der Waals surface area contributed by atoms with Crippen LogP contribution in [0.4, 0.5) is 4.79 Å². The number of carboxylic acid groups (broad SMARTS) is 1. The molecule has 5 nitrogen and oxygen atoms in total. The van der Waals surface area contributed by atoms with E-state index in [9.17, 15) is 9.59 Å². The highest BCUT2D eigenvalue weighted by Crippen LogP contribution is 2.24. The van der Waals surface area contributed by atoms with Crippen molar-refractivity contribution in [2.24, 2.45) is 11.3 Å². The highest BCUT2D eigenvalue weighted by molar-refractivity contribution is 5.73. The number of carboxylic acids is 1. The van der Waals surface area contributed by atoms with Crippen LogP contribution in [0, 0.1) is 11.3 Å². The zero-order chi connectivity index (χ0) is 15.6. The molecule has 118 valence electrons. The fraction of sp³-hybridized carbons (Fsp3) is 0.867. The van der Waals surface area contributed by atoms with E-state index in [2.05, 4.69) is 38.3 Å². The molecule has 0 aliphatic heterocycles. The van der Waals surface area contributed by atoms with Gasteiger partial charge in [-0.3, -0.25) is 4.79 Å². The Kier molecular flexibility index (Phi) is 9.01. The van der Waals surface area contributed by atoms with Gasteiger partial charge in [0.1, 0.15) is 0 Å². The minimum absolute atomic E-state index is 0.119. The normalized spacial score (nSPS) is 12.8. The molecule has 2 amide bonds. The summed E-state index contributed by atoms with van der Waals surface area (Å²) in [6.07, 6.45) is 3.69. The average Bonchev–Trinajstić information content (AvgIpc) is 2.33. The molecule has 0 fully saturated rings. The van der Waals surface area contributed by atoms with Crippen LogP contribution < -0.4 is 10.6 Å². The van der Waals surface area contributed by atoms with Gasteiger partial charge >= 0.3 is 12.0 Å². The van der Waals surface area contributed by atoms with Crippen LogP contribution >= 0.6 is 0 Å². The Bertz CT molecular complexity index is 298. The summed E-state index contributed by atoms with van der Waals surface area (Å²) in [5, 5.41) is 14.2. The second-order valence-electron chi connectivity index (χ2n) is 6.46. The summed E-state index contributed by atoms with van der Waals surface area (Å²) in [7, 11) is 0. The Morgan fingerprint density at radius 3 is 2.20 bits per heavy atom. The third-order valence-corrected chi connectivity index (χ3v) is 3.65. The fourth-order valence-electron chi connectivity index (χ4n) is 1.57. The molecule has 0 saturated carbocycles. The first-order valence-electron chi connectivity index (χ1n) is 7.47. The van der Waals surface area contributed by atoms with Crippen LogP contribution in [-0.2, 0) is 4.79 Å². The number of aliphatic carboxylic acids is 1. The lowest BCUT2D eigenvalue weighted by Crippen LogP contribution is -2.40. The lowest BCUT2D eigenvalue weighted by Gasteiger charge is -2.27. The molecule has 20 heavy (non-hydrogen) atoms. The van der Waals surface area contributed by atoms with Gasteiger partial charge in [0.25, 0.3) is 0 Å². The predicted molar refractivity (Wildman–Crippen MR) is 80.7 cm³/mol. The second kappa shape index (κ2) is 9.61. The minimum atomic E-state index is -0.740. The van der Waals surface area contributed by atoms with Gasteiger partial charge in [-0.15, -0.1) is 0 Å². The molecule has 0 aliphatic carbocycles. The van der Waals surface area contributed by atoms with Crippen LogP contribution in [0.2, 0.25) is 0 Å². The molecule has 0 spiro atoms. The van der Waals surface area contributed by atoms with Crippen molar-refractivity contribution in [3.8, 4) is 0 Å². The molecule has 0 radical (unpaired) electrons. The Morgan fingerprint density at radius 2 is 1.65 bits per heavy atom. The van der Waals surface area contributed by atoms with E-state index >= 15 is 0 Å². The summed E-state index contributed by atoms with van der Waals surface area (Å²) in [6.45, 7) is 9.93. The molecule has 3 N–H and O–H groups in total. The lowest BCUT2D eigenvalue weighted by atomic mass is 9.82. The number of rotatable bonds is 9. The molecule has 0 saturated heterocycles. The first kappa shape index (κ1) is 18.7. The monoisotopic (exact) mass is 286 g/mol. The lowest BCUT2D eigenvalue weighted by molar-refractivity contribution is -0.137. The fourth-order valence-corrected chi connectivity index (χ4v) is 1.57. The number of carbonyl (C=O) groups is 2. The zero-order valence-corrected chi connectivity index (χ0v) is 13.3. The van der Waals surface area contributed by atoms with Crippen molar-refractivity contribution in [3.05, 3.63) is 0 Å². The highest BCUT2D eigenvalue weighted by atomic mass is 16.4. The molecule has 0 aliphatic rings. The average molecular weight is 286 g/mol.